The topological polar surface area (TPSA) is 64.4 Å². The van der Waals surface area contributed by atoms with Gasteiger partial charge in [-0.2, -0.15) is 0 Å². The third-order valence-electron chi connectivity index (χ3n) is 5.22. The lowest BCUT2D eigenvalue weighted by Gasteiger charge is -2.22. The summed E-state index contributed by atoms with van der Waals surface area (Å²) in [6, 6.07) is 7.92. The van der Waals surface area contributed by atoms with Crippen molar-refractivity contribution in [3.63, 3.8) is 0 Å². The van der Waals surface area contributed by atoms with Crippen LogP contribution < -0.4 is 4.74 Å². The minimum atomic E-state index is -3.13. The molecule has 24 heavy (non-hydrogen) atoms. The Morgan fingerprint density at radius 3 is 2.75 bits per heavy atom. The van der Waals surface area contributed by atoms with E-state index in [1.807, 2.05) is 30.5 Å². The second kappa shape index (κ2) is 5.32. The average Bonchev–Trinajstić information content (AvgIpc) is 3.22. The molecule has 3 heterocycles. The third-order valence-corrected chi connectivity index (χ3v) is 6.47. The summed E-state index contributed by atoms with van der Waals surface area (Å²) in [4.78, 5) is 4.59. The fraction of sp³-hybridized carbons (Fsp3) is 0.471. The van der Waals surface area contributed by atoms with Crippen molar-refractivity contribution >= 4 is 10.0 Å². The fourth-order valence-electron chi connectivity index (χ4n) is 3.98. The van der Waals surface area contributed by atoms with E-state index < -0.39 is 10.0 Å². The van der Waals surface area contributed by atoms with Gasteiger partial charge < -0.3 is 9.30 Å². The van der Waals surface area contributed by atoms with Gasteiger partial charge in [-0.15, -0.1) is 0 Å². The number of hydrogen-bond acceptors (Lipinski definition) is 4. The first-order valence-corrected chi connectivity index (χ1v) is 9.90. The molecule has 1 fully saturated rings. The zero-order valence-electron chi connectivity index (χ0n) is 13.9. The van der Waals surface area contributed by atoms with Crippen molar-refractivity contribution in [1.29, 1.82) is 0 Å². The molecule has 1 atom stereocenters. The van der Waals surface area contributed by atoms with Crippen LogP contribution in [0.2, 0.25) is 0 Å². The molecule has 4 rings (SSSR count). The van der Waals surface area contributed by atoms with Crippen LogP contribution in [0, 0.1) is 5.41 Å². The van der Waals surface area contributed by atoms with E-state index in [2.05, 4.69) is 9.55 Å². The summed E-state index contributed by atoms with van der Waals surface area (Å²) in [6.07, 6.45) is 4.89. The molecule has 7 heteroatoms. The molecule has 2 aromatic rings. The van der Waals surface area contributed by atoms with Gasteiger partial charge in [0.15, 0.2) is 0 Å². The predicted octanol–water partition coefficient (Wildman–Crippen LogP) is 1.77. The average molecular weight is 347 g/mol. The van der Waals surface area contributed by atoms with E-state index in [4.69, 9.17) is 4.74 Å². The fourth-order valence-corrected chi connectivity index (χ4v) is 4.91. The molecule has 2 aliphatic heterocycles. The molecule has 1 unspecified atom stereocenters. The summed E-state index contributed by atoms with van der Waals surface area (Å²) in [5, 5.41) is 0. The normalized spacial score (nSPS) is 23.8. The SMILES string of the molecule is COc1ccccc1-c1cnc2n1CC1(CCN(S(C)(=O)=O)C1)C2. The number of para-hydroxylation sites is 1. The van der Waals surface area contributed by atoms with Gasteiger partial charge in [0.05, 0.1) is 25.3 Å². The smallest absolute Gasteiger partial charge is 0.211 e. The van der Waals surface area contributed by atoms with Gasteiger partial charge in [-0.05, 0) is 18.6 Å². The molecular weight excluding hydrogens is 326 g/mol. The Balaban J connectivity index is 1.67. The van der Waals surface area contributed by atoms with Crippen molar-refractivity contribution in [2.45, 2.75) is 19.4 Å². The van der Waals surface area contributed by atoms with E-state index >= 15 is 0 Å². The Hall–Kier alpha value is -1.86. The van der Waals surface area contributed by atoms with Crippen LogP contribution in [0.15, 0.2) is 30.5 Å². The van der Waals surface area contributed by atoms with Gasteiger partial charge in [0, 0.05) is 37.0 Å². The number of sulfonamides is 1. The first-order chi connectivity index (χ1) is 11.4. The van der Waals surface area contributed by atoms with E-state index in [-0.39, 0.29) is 5.41 Å². The lowest BCUT2D eigenvalue weighted by Crippen LogP contribution is -2.32. The molecule has 2 aliphatic rings. The molecule has 0 radical (unpaired) electrons. The quantitative estimate of drug-likeness (QED) is 0.849. The van der Waals surface area contributed by atoms with Crippen LogP contribution in [0.1, 0.15) is 12.2 Å². The summed E-state index contributed by atoms with van der Waals surface area (Å²) in [5.41, 5.74) is 2.04. The summed E-state index contributed by atoms with van der Waals surface area (Å²) in [7, 11) is -1.46. The molecule has 1 aromatic carbocycles. The zero-order chi connectivity index (χ0) is 16.9. The largest absolute Gasteiger partial charge is 0.496 e. The number of rotatable bonds is 3. The number of benzene rings is 1. The van der Waals surface area contributed by atoms with Gasteiger partial charge in [-0.1, -0.05) is 12.1 Å². The first kappa shape index (κ1) is 15.7. The van der Waals surface area contributed by atoms with Crippen LogP contribution in [-0.2, 0) is 23.0 Å². The lowest BCUT2D eigenvalue weighted by molar-refractivity contribution is 0.297. The maximum Gasteiger partial charge on any atom is 0.211 e. The molecule has 1 saturated heterocycles. The molecule has 128 valence electrons. The summed E-state index contributed by atoms with van der Waals surface area (Å²) < 4.78 is 33.0. The predicted molar refractivity (Wildman–Crippen MR) is 91.4 cm³/mol. The van der Waals surface area contributed by atoms with Crippen molar-refractivity contribution in [2.24, 2.45) is 5.41 Å². The number of aromatic nitrogens is 2. The third kappa shape index (κ3) is 2.43. The van der Waals surface area contributed by atoms with Crippen LogP contribution in [0.4, 0.5) is 0 Å². The van der Waals surface area contributed by atoms with Gasteiger partial charge >= 0.3 is 0 Å². The van der Waals surface area contributed by atoms with Crippen LogP contribution in [0.3, 0.4) is 0 Å². The summed E-state index contributed by atoms with van der Waals surface area (Å²) in [6.45, 7) is 2.00. The number of methoxy groups -OCH3 is 1. The monoisotopic (exact) mass is 347 g/mol. The number of fused-ring (bicyclic) bond motifs is 1. The Labute approximate surface area is 142 Å². The maximum absolute atomic E-state index is 11.8. The molecule has 0 saturated carbocycles. The van der Waals surface area contributed by atoms with E-state index in [0.29, 0.717) is 13.1 Å². The van der Waals surface area contributed by atoms with Gasteiger partial charge in [-0.3, -0.25) is 0 Å². The summed E-state index contributed by atoms with van der Waals surface area (Å²) in [5.74, 6) is 1.86. The number of nitrogens with zero attached hydrogens (tertiary/aromatic N) is 3. The highest BCUT2D eigenvalue weighted by molar-refractivity contribution is 7.88. The molecule has 1 spiro atoms. The minimum Gasteiger partial charge on any atom is -0.496 e. The van der Waals surface area contributed by atoms with Gasteiger partial charge in [-0.25, -0.2) is 17.7 Å². The Morgan fingerprint density at radius 2 is 2.04 bits per heavy atom. The highest BCUT2D eigenvalue weighted by Crippen LogP contribution is 2.44. The maximum atomic E-state index is 11.8. The summed E-state index contributed by atoms with van der Waals surface area (Å²) >= 11 is 0. The lowest BCUT2D eigenvalue weighted by atomic mass is 9.86. The van der Waals surface area contributed by atoms with E-state index in [1.165, 1.54) is 6.26 Å². The van der Waals surface area contributed by atoms with Gasteiger partial charge in [0.25, 0.3) is 0 Å². The van der Waals surface area contributed by atoms with Crippen LogP contribution in [-0.4, -0.2) is 48.7 Å². The van der Waals surface area contributed by atoms with E-state index in [0.717, 1.165) is 42.2 Å². The molecule has 0 bridgehead atoms. The molecule has 6 nitrogen and oxygen atoms in total. The van der Waals surface area contributed by atoms with Crippen LogP contribution in [0.25, 0.3) is 11.3 Å². The second-order valence-electron chi connectivity index (χ2n) is 6.87. The molecule has 1 aromatic heterocycles. The number of hydrogen-bond donors (Lipinski definition) is 0. The number of ether oxygens (including phenoxy) is 1. The van der Waals surface area contributed by atoms with Crippen molar-refractivity contribution in [3.05, 3.63) is 36.3 Å². The van der Waals surface area contributed by atoms with Crippen molar-refractivity contribution < 1.29 is 13.2 Å². The molecule has 0 N–H and O–H groups in total. The van der Waals surface area contributed by atoms with Crippen molar-refractivity contribution in [3.8, 4) is 17.0 Å². The van der Waals surface area contributed by atoms with E-state index in [1.54, 1.807) is 11.4 Å². The van der Waals surface area contributed by atoms with E-state index in [9.17, 15) is 8.42 Å². The standard InChI is InChI=1S/C17H21N3O3S/c1-23-15-6-4-3-5-13(15)14-10-18-16-9-17(12-20(14)16)7-8-19(11-17)24(2,21)22/h3-6,10H,7-9,11-12H2,1-2H3. The molecule has 0 aliphatic carbocycles. The van der Waals surface area contributed by atoms with Crippen molar-refractivity contribution in [2.75, 3.05) is 26.5 Å². The number of imidazole rings is 1. The Morgan fingerprint density at radius 1 is 1.25 bits per heavy atom. The minimum absolute atomic E-state index is 0.0244. The highest BCUT2D eigenvalue weighted by Gasteiger charge is 2.46. The van der Waals surface area contributed by atoms with Crippen molar-refractivity contribution in [1.82, 2.24) is 13.9 Å². The Bertz CT molecular complexity index is 890. The van der Waals surface area contributed by atoms with Gasteiger partial charge in [0.1, 0.15) is 11.6 Å². The zero-order valence-corrected chi connectivity index (χ0v) is 14.7. The van der Waals surface area contributed by atoms with Crippen LogP contribution in [0.5, 0.6) is 5.75 Å². The second-order valence-corrected chi connectivity index (χ2v) is 8.85. The van der Waals surface area contributed by atoms with Gasteiger partial charge in [0.2, 0.25) is 10.0 Å². The molecule has 0 amide bonds. The van der Waals surface area contributed by atoms with Crippen LogP contribution >= 0.6 is 0 Å². The Kier molecular flexibility index (Phi) is 3.47. The highest BCUT2D eigenvalue weighted by atomic mass is 32.2. The molecular formula is C17H21N3O3S. The first-order valence-electron chi connectivity index (χ1n) is 8.05.